The van der Waals surface area contributed by atoms with Gasteiger partial charge in [0.25, 0.3) is 0 Å². The molecule has 1 fully saturated rings. The molecule has 0 unspecified atom stereocenters. The fourth-order valence-electron chi connectivity index (χ4n) is 5.66. The van der Waals surface area contributed by atoms with Crippen LogP contribution in [0.25, 0.3) is 11.0 Å². The van der Waals surface area contributed by atoms with E-state index in [1.165, 1.54) is 18.2 Å². The molecule has 0 bridgehead atoms. The highest BCUT2D eigenvalue weighted by Gasteiger charge is 2.31. The van der Waals surface area contributed by atoms with Crippen molar-refractivity contribution in [1.82, 2.24) is 19.9 Å². The Hall–Kier alpha value is -3.77. The van der Waals surface area contributed by atoms with Crippen molar-refractivity contribution >= 4 is 34.6 Å². The molecule has 0 saturated carbocycles. The number of halogens is 3. The van der Waals surface area contributed by atoms with Gasteiger partial charge in [0.05, 0.1) is 32.5 Å². The van der Waals surface area contributed by atoms with Gasteiger partial charge < -0.3 is 48.0 Å². The number of fused-ring (bicyclic) bond motifs is 1. The quantitative estimate of drug-likeness (QED) is 0.169. The van der Waals surface area contributed by atoms with Crippen LogP contribution in [0.15, 0.2) is 24.3 Å². The second kappa shape index (κ2) is 19.0. The van der Waals surface area contributed by atoms with Gasteiger partial charge in [0.15, 0.2) is 11.6 Å². The smallest absolute Gasteiger partial charge is 0.406 e. The summed E-state index contributed by atoms with van der Waals surface area (Å²) in [6.45, 7) is 5.28. The molecule has 2 aromatic heterocycles. The first kappa shape index (κ1) is 39.0. The second-order valence-electron chi connectivity index (χ2n) is 11.8. The molecule has 0 atom stereocenters. The van der Waals surface area contributed by atoms with Crippen LogP contribution in [0, 0.1) is 0 Å². The van der Waals surface area contributed by atoms with Gasteiger partial charge in [-0.2, -0.15) is 9.97 Å². The Labute approximate surface area is 291 Å². The van der Waals surface area contributed by atoms with Gasteiger partial charge in [-0.05, 0) is 30.5 Å². The van der Waals surface area contributed by atoms with Crippen molar-refractivity contribution in [3.8, 4) is 5.75 Å². The van der Waals surface area contributed by atoms with Gasteiger partial charge in [0.1, 0.15) is 16.8 Å². The standard InChI is InChI=1S/C33H49F3N8O6/c1-41(23-24-8-7-9-26(22-24)50-33(34,35)36)29-27-28(38-31(39-29)43(14-18-45-2)15-19-46-3)30(42-12-10-25(49-6)11-13-42)40-32(37-27)44(16-20-47-4)17-21-48-5/h7-9,22,25H,10-21,23H2,1-6H3. The average Bonchev–Trinajstić information content (AvgIpc) is 3.10. The molecule has 3 heterocycles. The van der Waals surface area contributed by atoms with E-state index in [2.05, 4.69) is 9.64 Å². The van der Waals surface area contributed by atoms with Crippen LogP contribution >= 0.6 is 0 Å². The third kappa shape index (κ3) is 10.9. The number of nitrogens with zero attached hydrogens (tertiary/aromatic N) is 8. The summed E-state index contributed by atoms with van der Waals surface area (Å²) in [5, 5.41) is 0. The Morgan fingerprint density at radius 1 is 0.760 bits per heavy atom. The van der Waals surface area contributed by atoms with Crippen LogP contribution in [-0.2, 0) is 30.2 Å². The first-order valence-corrected chi connectivity index (χ1v) is 16.5. The summed E-state index contributed by atoms with van der Waals surface area (Å²) in [5.41, 5.74) is 1.62. The first-order valence-electron chi connectivity index (χ1n) is 16.5. The summed E-state index contributed by atoms with van der Waals surface area (Å²) in [5.74, 6) is 1.69. The SMILES string of the molecule is COCCN(CCOC)c1nc(N2CCC(OC)CC2)c2nc(N(CCOC)CCOC)nc(N(C)Cc3cccc(OC(F)(F)F)c3)c2n1. The second-order valence-corrected chi connectivity index (χ2v) is 11.8. The van der Waals surface area contributed by atoms with Crippen molar-refractivity contribution in [3.05, 3.63) is 29.8 Å². The van der Waals surface area contributed by atoms with Crippen molar-refractivity contribution in [2.24, 2.45) is 0 Å². The third-order valence-electron chi connectivity index (χ3n) is 8.30. The molecule has 50 heavy (non-hydrogen) atoms. The lowest BCUT2D eigenvalue weighted by atomic mass is 10.1. The van der Waals surface area contributed by atoms with Crippen LogP contribution < -0.4 is 24.3 Å². The van der Waals surface area contributed by atoms with Crippen molar-refractivity contribution in [1.29, 1.82) is 0 Å². The third-order valence-corrected chi connectivity index (χ3v) is 8.30. The molecular formula is C33H49F3N8O6. The Bertz CT molecular complexity index is 1470. The predicted molar refractivity (Wildman–Crippen MR) is 185 cm³/mol. The highest BCUT2D eigenvalue weighted by Crippen LogP contribution is 2.34. The number of alkyl halides is 3. The van der Waals surface area contributed by atoms with Crippen LogP contribution in [0.1, 0.15) is 18.4 Å². The number of hydrogen-bond acceptors (Lipinski definition) is 14. The summed E-state index contributed by atoms with van der Waals surface area (Å²) in [6, 6.07) is 5.89. The highest BCUT2D eigenvalue weighted by molar-refractivity contribution is 5.95. The zero-order valence-electron chi connectivity index (χ0n) is 29.7. The summed E-state index contributed by atoms with van der Waals surface area (Å²) in [4.78, 5) is 28.3. The number of aromatic nitrogens is 4. The van der Waals surface area contributed by atoms with E-state index in [1.54, 1.807) is 41.6 Å². The molecule has 3 aromatic rings. The maximum Gasteiger partial charge on any atom is 0.573 e. The van der Waals surface area contributed by atoms with E-state index < -0.39 is 6.36 Å². The van der Waals surface area contributed by atoms with Crippen molar-refractivity contribution in [2.75, 3.05) is 128 Å². The minimum Gasteiger partial charge on any atom is -0.406 e. The van der Waals surface area contributed by atoms with Crippen LogP contribution in [-0.4, -0.2) is 141 Å². The summed E-state index contributed by atoms with van der Waals surface area (Å²) >= 11 is 0. The van der Waals surface area contributed by atoms with Crippen molar-refractivity contribution < 1.29 is 41.6 Å². The summed E-state index contributed by atoms with van der Waals surface area (Å²) in [7, 11) is 10.1. The highest BCUT2D eigenvalue weighted by atomic mass is 19.4. The molecule has 1 saturated heterocycles. The number of hydrogen-bond donors (Lipinski definition) is 0. The van der Waals surface area contributed by atoms with E-state index in [4.69, 9.17) is 43.6 Å². The minimum atomic E-state index is -4.81. The maximum absolute atomic E-state index is 13.0. The molecule has 278 valence electrons. The number of rotatable bonds is 20. The molecule has 14 nitrogen and oxygen atoms in total. The number of benzene rings is 1. The zero-order valence-corrected chi connectivity index (χ0v) is 29.7. The lowest BCUT2D eigenvalue weighted by molar-refractivity contribution is -0.274. The molecule has 4 rings (SSSR count). The van der Waals surface area contributed by atoms with Crippen LogP contribution in [0.3, 0.4) is 0 Å². The van der Waals surface area contributed by atoms with E-state index in [1.807, 2.05) is 21.7 Å². The number of piperidine rings is 1. The van der Waals surface area contributed by atoms with Gasteiger partial charge in [0.2, 0.25) is 11.9 Å². The Morgan fingerprint density at radius 3 is 1.82 bits per heavy atom. The van der Waals surface area contributed by atoms with Gasteiger partial charge in [-0.25, -0.2) is 9.97 Å². The number of anilines is 4. The van der Waals surface area contributed by atoms with E-state index in [-0.39, 0.29) is 18.4 Å². The molecule has 1 aromatic carbocycles. The molecule has 0 radical (unpaired) electrons. The summed E-state index contributed by atoms with van der Waals surface area (Å²) < 4.78 is 70.6. The average molecular weight is 711 g/mol. The maximum atomic E-state index is 13.0. The molecular weight excluding hydrogens is 661 g/mol. The molecule has 1 aliphatic rings. The monoisotopic (exact) mass is 710 g/mol. The lowest BCUT2D eigenvalue weighted by Crippen LogP contribution is -2.38. The van der Waals surface area contributed by atoms with Crippen molar-refractivity contribution in [3.63, 3.8) is 0 Å². The van der Waals surface area contributed by atoms with Crippen LogP contribution in [0.2, 0.25) is 0 Å². The number of methoxy groups -OCH3 is 5. The molecule has 0 aliphatic carbocycles. The zero-order chi connectivity index (χ0) is 36.1. The normalized spacial score (nSPS) is 14.0. The van der Waals surface area contributed by atoms with Crippen molar-refractivity contribution in [2.45, 2.75) is 31.9 Å². The van der Waals surface area contributed by atoms with E-state index in [0.717, 1.165) is 12.8 Å². The Kier molecular flexibility index (Phi) is 14.8. The van der Waals surface area contributed by atoms with Gasteiger partial charge in [0, 0.05) is 88.4 Å². The minimum absolute atomic E-state index is 0.140. The Morgan fingerprint density at radius 2 is 1.30 bits per heavy atom. The molecule has 0 N–H and O–H groups in total. The van der Waals surface area contributed by atoms with Gasteiger partial charge in [-0.3, -0.25) is 0 Å². The predicted octanol–water partition coefficient (Wildman–Crippen LogP) is 3.77. The molecule has 0 spiro atoms. The lowest BCUT2D eigenvalue weighted by Gasteiger charge is -2.34. The van der Waals surface area contributed by atoms with Gasteiger partial charge in [-0.1, -0.05) is 12.1 Å². The number of ether oxygens (including phenoxy) is 6. The summed E-state index contributed by atoms with van der Waals surface area (Å²) in [6.07, 6.45) is -3.05. The fraction of sp³-hybridized carbons (Fsp3) is 0.636. The first-order chi connectivity index (χ1) is 24.1. The van der Waals surface area contributed by atoms with E-state index in [0.29, 0.717) is 106 Å². The van der Waals surface area contributed by atoms with E-state index >= 15 is 0 Å². The van der Waals surface area contributed by atoms with E-state index in [9.17, 15) is 13.2 Å². The Balaban J connectivity index is 1.92. The van der Waals surface area contributed by atoms with Crippen LogP contribution in [0.4, 0.5) is 36.7 Å². The molecule has 0 amide bonds. The molecule has 17 heteroatoms. The fourth-order valence-corrected chi connectivity index (χ4v) is 5.66. The largest absolute Gasteiger partial charge is 0.573 e. The topological polar surface area (TPSA) is 120 Å². The van der Waals surface area contributed by atoms with Gasteiger partial charge in [-0.15, -0.1) is 13.2 Å². The van der Waals surface area contributed by atoms with Crippen LogP contribution in [0.5, 0.6) is 5.75 Å². The molecule has 1 aliphatic heterocycles. The van der Waals surface area contributed by atoms with Gasteiger partial charge >= 0.3 is 6.36 Å².